The van der Waals surface area contributed by atoms with Crippen LogP contribution in [-0.4, -0.2) is 4.92 Å². The number of nitro benzene ring substituents is 1. The van der Waals surface area contributed by atoms with Crippen molar-refractivity contribution in [2.75, 3.05) is 0 Å². The van der Waals surface area contributed by atoms with Crippen LogP contribution in [-0.2, 0) is 0 Å². The highest BCUT2D eigenvalue weighted by Crippen LogP contribution is 2.32. The molecule has 0 N–H and O–H groups in total. The van der Waals surface area contributed by atoms with Gasteiger partial charge in [0.15, 0.2) is 0 Å². The fourth-order valence-electron chi connectivity index (χ4n) is 2.00. The van der Waals surface area contributed by atoms with Crippen molar-refractivity contribution in [3.8, 4) is 11.1 Å². The smallest absolute Gasteiger partial charge is 0.258 e. The van der Waals surface area contributed by atoms with Crippen molar-refractivity contribution in [2.45, 2.75) is 0 Å². The van der Waals surface area contributed by atoms with Crippen LogP contribution in [0, 0.1) is 10.1 Å². The summed E-state index contributed by atoms with van der Waals surface area (Å²) in [6.07, 6.45) is 0. The van der Waals surface area contributed by atoms with Crippen LogP contribution in [0.3, 0.4) is 0 Å². The normalized spacial score (nSPS) is 10.7. The van der Waals surface area contributed by atoms with Gasteiger partial charge < -0.3 is 0 Å². The molecule has 88 valence electrons. The lowest BCUT2D eigenvalue weighted by atomic mass is 10.0. The van der Waals surface area contributed by atoms with Crippen LogP contribution in [0.25, 0.3) is 21.2 Å². The third kappa shape index (κ3) is 1.76. The average molecular weight is 255 g/mol. The summed E-state index contributed by atoms with van der Waals surface area (Å²) in [4.78, 5) is 10.7. The van der Waals surface area contributed by atoms with E-state index in [1.807, 2.05) is 35.7 Å². The molecule has 0 radical (unpaired) electrons. The molecule has 0 aliphatic rings. The Morgan fingerprint density at radius 2 is 1.89 bits per heavy atom. The van der Waals surface area contributed by atoms with Gasteiger partial charge in [0.25, 0.3) is 5.69 Å². The van der Waals surface area contributed by atoms with E-state index in [0.29, 0.717) is 5.56 Å². The summed E-state index contributed by atoms with van der Waals surface area (Å²) in [6, 6.07) is 14.8. The number of para-hydroxylation sites is 1. The summed E-state index contributed by atoms with van der Waals surface area (Å²) in [5.74, 6) is 0. The van der Waals surface area contributed by atoms with Gasteiger partial charge in [0.1, 0.15) is 0 Å². The third-order valence-corrected chi connectivity index (χ3v) is 3.75. The van der Waals surface area contributed by atoms with Crippen molar-refractivity contribution in [3.05, 3.63) is 64.0 Å². The number of thiophene rings is 1. The van der Waals surface area contributed by atoms with Crippen LogP contribution in [0.2, 0.25) is 0 Å². The van der Waals surface area contributed by atoms with Crippen molar-refractivity contribution in [1.82, 2.24) is 0 Å². The standard InChI is InChI=1S/C14H9NO2S/c16-15(17)13-4-2-1-3-12(13)11-6-5-10-7-8-18-14(10)9-11/h1-9H. The van der Waals surface area contributed by atoms with Crippen LogP contribution in [0.1, 0.15) is 0 Å². The van der Waals surface area contributed by atoms with Crippen LogP contribution in [0.15, 0.2) is 53.9 Å². The van der Waals surface area contributed by atoms with Gasteiger partial charge in [-0.05, 0) is 34.5 Å². The molecule has 0 aliphatic carbocycles. The molecule has 0 saturated carbocycles. The summed E-state index contributed by atoms with van der Waals surface area (Å²) in [6.45, 7) is 0. The topological polar surface area (TPSA) is 43.1 Å². The summed E-state index contributed by atoms with van der Waals surface area (Å²) in [5, 5.41) is 14.2. The zero-order valence-corrected chi connectivity index (χ0v) is 10.2. The van der Waals surface area contributed by atoms with Crippen LogP contribution in [0.5, 0.6) is 0 Å². The summed E-state index contributed by atoms with van der Waals surface area (Å²) >= 11 is 1.64. The predicted molar refractivity (Wildman–Crippen MR) is 73.9 cm³/mol. The third-order valence-electron chi connectivity index (χ3n) is 2.87. The number of hydrogen-bond donors (Lipinski definition) is 0. The highest BCUT2D eigenvalue weighted by Gasteiger charge is 2.14. The Morgan fingerprint density at radius 3 is 2.72 bits per heavy atom. The lowest BCUT2D eigenvalue weighted by Gasteiger charge is -2.03. The van der Waals surface area contributed by atoms with Crippen molar-refractivity contribution in [3.63, 3.8) is 0 Å². The first kappa shape index (κ1) is 10.9. The second kappa shape index (κ2) is 4.23. The molecule has 0 saturated heterocycles. The Hall–Kier alpha value is -2.20. The van der Waals surface area contributed by atoms with E-state index in [9.17, 15) is 10.1 Å². The zero-order valence-electron chi connectivity index (χ0n) is 9.37. The second-order valence-electron chi connectivity index (χ2n) is 3.95. The maximum Gasteiger partial charge on any atom is 0.277 e. The minimum absolute atomic E-state index is 0.147. The monoisotopic (exact) mass is 255 g/mol. The molecule has 4 heteroatoms. The number of fused-ring (bicyclic) bond motifs is 1. The van der Waals surface area contributed by atoms with Crippen LogP contribution in [0.4, 0.5) is 5.69 Å². The van der Waals surface area contributed by atoms with E-state index < -0.39 is 0 Å². The summed E-state index contributed by atoms with van der Waals surface area (Å²) in [5.41, 5.74) is 1.70. The largest absolute Gasteiger partial charge is 0.277 e. The quantitative estimate of drug-likeness (QED) is 0.500. The SMILES string of the molecule is O=[N+]([O-])c1ccccc1-c1ccc2ccsc2c1. The molecule has 0 spiro atoms. The first-order valence-electron chi connectivity index (χ1n) is 5.47. The number of nitrogens with zero attached hydrogens (tertiary/aromatic N) is 1. The minimum atomic E-state index is -0.339. The molecular formula is C14H9NO2S. The highest BCUT2D eigenvalue weighted by molar-refractivity contribution is 7.17. The fourth-order valence-corrected chi connectivity index (χ4v) is 2.83. The Labute approximate surface area is 107 Å². The fraction of sp³-hybridized carbons (Fsp3) is 0. The Kier molecular flexibility index (Phi) is 2.57. The maximum absolute atomic E-state index is 11.0. The molecule has 1 heterocycles. The first-order chi connectivity index (χ1) is 8.75. The van der Waals surface area contributed by atoms with Gasteiger partial charge in [0.2, 0.25) is 0 Å². The Morgan fingerprint density at radius 1 is 1.06 bits per heavy atom. The molecule has 2 aromatic carbocycles. The number of benzene rings is 2. The van der Waals surface area contributed by atoms with Crippen molar-refractivity contribution >= 4 is 27.1 Å². The van der Waals surface area contributed by atoms with Gasteiger partial charge in [0, 0.05) is 10.8 Å². The average Bonchev–Trinajstić information content (AvgIpc) is 2.85. The van der Waals surface area contributed by atoms with E-state index in [-0.39, 0.29) is 10.6 Å². The van der Waals surface area contributed by atoms with E-state index in [4.69, 9.17) is 0 Å². The van der Waals surface area contributed by atoms with Crippen LogP contribution >= 0.6 is 11.3 Å². The van der Waals surface area contributed by atoms with E-state index in [1.165, 1.54) is 11.5 Å². The van der Waals surface area contributed by atoms with Gasteiger partial charge in [0.05, 0.1) is 10.5 Å². The Bertz CT molecular complexity index is 733. The summed E-state index contributed by atoms with van der Waals surface area (Å²) in [7, 11) is 0. The van der Waals surface area contributed by atoms with E-state index in [0.717, 1.165) is 10.3 Å². The minimum Gasteiger partial charge on any atom is -0.258 e. The van der Waals surface area contributed by atoms with Crippen molar-refractivity contribution in [2.24, 2.45) is 0 Å². The number of nitro groups is 1. The van der Waals surface area contributed by atoms with Gasteiger partial charge in [-0.3, -0.25) is 10.1 Å². The van der Waals surface area contributed by atoms with Crippen LogP contribution < -0.4 is 0 Å². The van der Waals surface area contributed by atoms with Gasteiger partial charge in [-0.15, -0.1) is 11.3 Å². The van der Waals surface area contributed by atoms with E-state index in [1.54, 1.807) is 23.5 Å². The number of rotatable bonds is 2. The van der Waals surface area contributed by atoms with Gasteiger partial charge in [-0.2, -0.15) is 0 Å². The number of hydrogen-bond acceptors (Lipinski definition) is 3. The molecule has 18 heavy (non-hydrogen) atoms. The molecule has 0 aliphatic heterocycles. The molecule has 0 fully saturated rings. The Balaban J connectivity index is 2.22. The van der Waals surface area contributed by atoms with Gasteiger partial charge in [-0.1, -0.05) is 24.3 Å². The van der Waals surface area contributed by atoms with Crippen molar-refractivity contribution in [1.29, 1.82) is 0 Å². The maximum atomic E-state index is 11.0. The molecule has 1 aromatic heterocycles. The molecule has 0 unspecified atom stereocenters. The lowest BCUT2D eigenvalue weighted by Crippen LogP contribution is -1.91. The second-order valence-corrected chi connectivity index (χ2v) is 4.90. The summed E-state index contributed by atoms with van der Waals surface area (Å²) < 4.78 is 1.14. The molecular weight excluding hydrogens is 246 g/mol. The first-order valence-corrected chi connectivity index (χ1v) is 6.35. The highest BCUT2D eigenvalue weighted by atomic mass is 32.1. The molecule has 3 rings (SSSR count). The zero-order chi connectivity index (χ0) is 12.5. The lowest BCUT2D eigenvalue weighted by molar-refractivity contribution is -0.384. The van der Waals surface area contributed by atoms with E-state index in [2.05, 4.69) is 0 Å². The van der Waals surface area contributed by atoms with Crippen molar-refractivity contribution < 1.29 is 4.92 Å². The van der Waals surface area contributed by atoms with Gasteiger partial charge in [-0.25, -0.2) is 0 Å². The predicted octanol–water partition coefficient (Wildman–Crippen LogP) is 4.48. The molecule has 0 bridgehead atoms. The molecule has 3 aromatic rings. The van der Waals surface area contributed by atoms with Gasteiger partial charge >= 0.3 is 0 Å². The molecule has 0 atom stereocenters. The molecule has 0 amide bonds. The van der Waals surface area contributed by atoms with E-state index >= 15 is 0 Å². The molecule has 3 nitrogen and oxygen atoms in total.